The van der Waals surface area contributed by atoms with Crippen molar-refractivity contribution in [3.05, 3.63) is 50.8 Å². The molecule has 5 nitrogen and oxygen atoms in total. The Bertz CT molecular complexity index is 672. The van der Waals surface area contributed by atoms with Crippen molar-refractivity contribution < 1.29 is 4.92 Å². The van der Waals surface area contributed by atoms with Crippen LogP contribution in [-0.2, 0) is 5.41 Å². The molecule has 0 amide bonds. The average Bonchev–Trinajstić information content (AvgIpc) is 2.67. The van der Waals surface area contributed by atoms with Gasteiger partial charge in [-0.15, -0.1) is 0 Å². The lowest BCUT2D eigenvalue weighted by molar-refractivity contribution is -0.385. The van der Waals surface area contributed by atoms with Gasteiger partial charge in [0.25, 0.3) is 0 Å². The average molecular weight is 294 g/mol. The predicted octanol–water partition coefficient (Wildman–Crippen LogP) is 4.04. The van der Waals surface area contributed by atoms with Gasteiger partial charge in [-0.25, -0.2) is 4.68 Å². The molecule has 1 aromatic carbocycles. The quantitative estimate of drug-likeness (QED) is 0.620. The standard InChI is InChI=1S/C14H16ClN3O2/c1-9-7-5-6-8-10(9)17-13(15)11(18(19)20)12(16-17)14(2,3)4/h5-8H,1-4H3. The molecule has 106 valence electrons. The molecule has 2 aromatic rings. The summed E-state index contributed by atoms with van der Waals surface area (Å²) in [4.78, 5) is 10.8. The number of nitro groups is 1. The van der Waals surface area contributed by atoms with E-state index in [9.17, 15) is 10.1 Å². The number of hydrogen-bond acceptors (Lipinski definition) is 3. The van der Waals surface area contributed by atoms with Gasteiger partial charge in [0, 0.05) is 5.41 Å². The van der Waals surface area contributed by atoms with E-state index in [1.165, 1.54) is 4.68 Å². The molecule has 0 radical (unpaired) electrons. The number of hydrogen-bond donors (Lipinski definition) is 0. The number of rotatable bonds is 2. The fraction of sp³-hybridized carbons (Fsp3) is 0.357. The van der Waals surface area contributed by atoms with Gasteiger partial charge in [-0.05, 0) is 18.6 Å². The normalized spacial score (nSPS) is 11.7. The van der Waals surface area contributed by atoms with Crippen molar-refractivity contribution in [2.75, 3.05) is 0 Å². The number of aromatic nitrogens is 2. The molecule has 0 saturated carbocycles. The maximum atomic E-state index is 11.3. The Morgan fingerprint density at radius 1 is 1.30 bits per heavy atom. The summed E-state index contributed by atoms with van der Waals surface area (Å²) in [5, 5.41) is 15.7. The van der Waals surface area contributed by atoms with E-state index in [2.05, 4.69) is 5.10 Å². The number of para-hydroxylation sites is 1. The Labute approximate surface area is 122 Å². The Hall–Kier alpha value is -1.88. The van der Waals surface area contributed by atoms with E-state index in [0.717, 1.165) is 11.3 Å². The van der Waals surface area contributed by atoms with E-state index in [-0.39, 0.29) is 10.8 Å². The van der Waals surface area contributed by atoms with Crippen LogP contribution in [0.4, 0.5) is 5.69 Å². The summed E-state index contributed by atoms with van der Waals surface area (Å²) in [6, 6.07) is 7.50. The molecule has 1 heterocycles. The summed E-state index contributed by atoms with van der Waals surface area (Å²) in [6.07, 6.45) is 0. The van der Waals surface area contributed by atoms with Crippen molar-refractivity contribution in [2.24, 2.45) is 0 Å². The zero-order chi connectivity index (χ0) is 15.1. The van der Waals surface area contributed by atoms with Crippen molar-refractivity contribution in [1.82, 2.24) is 9.78 Å². The maximum Gasteiger partial charge on any atom is 0.330 e. The van der Waals surface area contributed by atoms with E-state index in [4.69, 9.17) is 11.6 Å². The van der Waals surface area contributed by atoms with Gasteiger partial charge in [0.05, 0.1) is 10.6 Å². The van der Waals surface area contributed by atoms with Gasteiger partial charge < -0.3 is 0 Å². The lowest BCUT2D eigenvalue weighted by atomic mass is 9.91. The molecule has 1 aromatic heterocycles. The zero-order valence-electron chi connectivity index (χ0n) is 11.8. The first-order chi connectivity index (χ1) is 9.23. The Morgan fingerprint density at radius 2 is 1.90 bits per heavy atom. The highest BCUT2D eigenvalue weighted by Crippen LogP contribution is 2.37. The molecule has 6 heteroatoms. The third-order valence-electron chi connectivity index (χ3n) is 3.04. The van der Waals surface area contributed by atoms with E-state index in [1.807, 2.05) is 52.0 Å². The fourth-order valence-corrected chi connectivity index (χ4v) is 2.30. The number of nitrogens with zero attached hydrogens (tertiary/aromatic N) is 3. The summed E-state index contributed by atoms with van der Waals surface area (Å²) in [7, 11) is 0. The topological polar surface area (TPSA) is 61.0 Å². The zero-order valence-corrected chi connectivity index (χ0v) is 12.6. The Balaban J connectivity index is 2.75. The van der Waals surface area contributed by atoms with Crippen LogP contribution >= 0.6 is 11.6 Å². The van der Waals surface area contributed by atoms with Crippen LogP contribution in [0.25, 0.3) is 5.69 Å². The smallest absolute Gasteiger partial charge is 0.258 e. The third kappa shape index (κ3) is 2.41. The van der Waals surface area contributed by atoms with Crippen LogP contribution in [-0.4, -0.2) is 14.7 Å². The van der Waals surface area contributed by atoms with Gasteiger partial charge >= 0.3 is 5.69 Å². The molecule has 0 saturated heterocycles. The summed E-state index contributed by atoms with van der Waals surface area (Å²) < 4.78 is 1.44. The lowest BCUT2D eigenvalue weighted by Crippen LogP contribution is -2.14. The highest BCUT2D eigenvalue weighted by Gasteiger charge is 2.34. The van der Waals surface area contributed by atoms with Crippen molar-refractivity contribution >= 4 is 17.3 Å². The first kappa shape index (κ1) is 14.5. The van der Waals surface area contributed by atoms with Crippen LogP contribution in [0.3, 0.4) is 0 Å². The Kier molecular flexibility index (Phi) is 3.56. The molecule has 0 spiro atoms. The molecule has 0 unspecified atom stereocenters. The SMILES string of the molecule is Cc1ccccc1-n1nc(C(C)(C)C)c([N+](=O)[O-])c1Cl. The molecular weight excluding hydrogens is 278 g/mol. The minimum Gasteiger partial charge on any atom is -0.258 e. The maximum absolute atomic E-state index is 11.3. The monoisotopic (exact) mass is 293 g/mol. The van der Waals surface area contributed by atoms with Crippen LogP contribution in [0.1, 0.15) is 32.0 Å². The number of benzene rings is 1. The van der Waals surface area contributed by atoms with E-state index in [0.29, 0.717) is 5.69 Å². The first-order valence-corrected chi connectivity index (χ1v) is 6.60. The van der Waals surface area contributed by atoms with Crippen LogP contribution < -0.4 is 0 Å². The van der Waals surface area contributed by atoms with Crippen molar-refractivity contribution in [3.63, 3.8) is 0 Å². The Morgan fingerprint density at radius 3 is 2.35 bits per heavy atom. The highest BCUT2D eigenvalue weighted by molar-refractivity contribution is 6.32. The number of aryl methyl sites for hydroxylation is 1. The second-order valence-electron chi connectivity index (χ2n) is 5.69. The van der Waals surface area contributed by atoms with Crippen molar-refractivity contribution in [1.29, 1.82) is 0 Å². The van der Waals surface area contributed by atoms with Crippen LogP contribution in [0, 0.1) is 17.0 Å². The highest BCUT2D eigenvalue weighted by atomic mass is 35.5. The van der Waals surface area contributed by atoms with Crippen molar-refractivity contribution in [3.8, 4) is 5.69 Å². The molecule has 0 aliphatic heterocycles. The summed E-state index contributed by atoms with van der Waals surface area (Å²) in [5.41, 5.74) is 1.50. The van der Waals surface area contributed by atoms with Gasteiger partial charge in [0.15, 0.2) is 0 Å². The summed E-state index contributed by atoms with van der Waals surface area (Å²) in [6.45, 7) is 7.54. The molecule has 0 bridgehead atoms. The summed E-state index contributed by atoms with van der Waals surface area (Å²) in [5.74, 6) is 0. The van der Waals surface area contributed by atoms with Gasteiger partial charge in [0.2, 0.25) is 5.15 Å². The van der Waals surface area contributed by atoms with Crippen molar-refractivity contribution in [2.45, 2.75) is 33.1 Å². The molecule has 0 N–H and O–H groups in total. The van der Waals surface area contributed by atoms with Gasteiger partial charge in [-0.2, -0.15) is 5.10 Å². The molecule has 0 aliphatic rings. The van der Waals surface area contributed by atoms with Gasteiger partial charge in [-0.1, -0.05) is 50.6 Å². The summed E-state index contributed by atoms with van der Waals surface area (Å²) >= 11 is 6.20. The van der Waals surface area contributed by atoms with Crippen LogP contribution in [0.5, 0.6) is 0 Å². The van der Waals surface area contributed by atoms with Gasteiger partial charge in [0.1, 0.15) is 5.69 Å². The minimum absolute atomic E-state index is 0.0363. The molecule has 0 aliphatic carbocycles. The lowest BCUT2D eigenvalue weighted by Gasteiger charge is -2.13. The van der Waals surface area contributed by atoms with Crippen LogP contribution in [0.15, 0.2) is 24.3 Å². The molecule has 0 atom stereocenters. The van der Waals surface area contributed by atoms with Gasteiger partial charge in [-0.3, -0.25) is 10.1 Å². The second kappa shape index (κ2) is 4.90. The predicted molar refractivity (Wildman–Crippen MR) is 78.7 cm³/mol. The van der Waals surface area contributed by atoms with Crippen LogP contribution in [0.2, 0.25) is 5.15 Å². The first-order valence-electron chi connectivity index (χ1n) is 6.23. The largest absolute Gasteiger partial charge is 0.330 e. The fourth-order valence-electron chi connectivity index (χ4n) is 2.02. The molecular formula is C14H16ClN3O2. The molecule has 20 heavy (non-hydrogen) atoms. The number of halogens is 1. The second-order valence-corrected chi connectivity index (χ2v) is 6.05. The van der Waals surface area contributed by atoms with E-state index in [1.54, 1.807) is 0 Å². The molecule has 0 fully saturated rings. The molecule has 2 rings (SSSR count). The van der Waals surface area contributed by atoms with E-state index < -0.39 is 10.3 Å². The third-order valence-corrected chi connectivity index (χ3v) is 3.38. The van der Waals surface area contributed by atoms with E-state index >= 15 is 0 Å². The minimum atomic E-state index is -0.468.